The minimum absolute atomic E-state index is 0.000158. The van der Waals surface area contributed by atoms with Crippen LogP contribution in [0.25, 0.3) is 0 Å². The van der Waals surface area contributed by atoms with Gasteiger partial charge in [-0.05, 0) is 105 Å². The molecular formula is C34H40O4. The molecule has 0 aliphatic heterocycles. The number of carbonyl (C=O) groups is 2. The first-order valence-corrected chi connectivity index (χ1v) is 14.5. The summed E-state index contributed by atoms with van der Waals surface area (Å²) < 4.78 is 12.2. The summed E-state index contributed by atoms with van der Waals surface area (Å²) >= 11 is 0. The normalized spacial score (nSPS) is 37.9. The molecule has 2 aromatic rings. The van der Waals surface area contributed by atoms with E-state index < -0.39 is 0 Å². The maximum absolute atomic E-state index is 12.9. The summed E-state index contributed by atoms with van der Waals surface area (Å²) in [7, 11) is 0. The van der Waals surface area contributed by atoms with Crippen LogP contribution < -0.4 is 0 Å². The van der Waals surface area contributed by atoms with Gasteiger partial charge in [-0.2, -0.15) is 0 Å². The monoisotopic (exact) mass is 512 g/mol. The predicted molar refractivity (Wildman–Crippen MR) is 148 cm³/mol. The minimum Gasteiger partial charge on any atom is -0.459 e. The molecule has 6 rings (SSSR count). The average molecular weight is 513 g/mol. The van der Waals surface area contributed by atoms with Crippen molar-refractivity contribution in [3.63, 3.8) is 0 Å². The SMILES string of the molecule is C=C1C[C@@H]2C[C@@H](OC(=O)c3ccccc3)CC[C@]2(C)[C@@H]2CC[C@@]3(C)[C@@H](OC(=O)c4ccccc4)CC[C@H]3[C@@H]12. The van der Waals surface area contributed by atoms with E-state index in [9.17, 15) is 9.59 Å². The third kappa shape index (κ3) is 4.21. The molecule has 38 heavy (non-hydrogen) atoms. The van der Waals surface area contributed by atoms with Gasteiger partial charge in [0, 0.05) is 5.41 Å². The Hall–Kier alpha value is -2.88. The number of fused-ring (bicyclic) bond motifs is 5. The van der Waals surface area contributed by atoms with E-state index in [-0.39, 0.29) is 35.0 Å². The summed E-state index contributed by atoms with van der Waals surface area (Å²) in [6, 6.07) is 18.7. The van der Waals surface area contributed by atoms with Gasteiger partial charge in [-0.3, -0.25) is 0 Å². The van der Waals surface area contributed by atoms with Crippen molar-refractivity contribution in [2.45, 2.75) is 77.4 Å². The van der Waals surface area contributed by atoms with Crippen LogP contribution >= 0.6 is 0 Å². The standard InChI is InChI=1S/C34H40O4/c1-22-20-25-21-26(37-31(35)23-10-6-4-7-11-23)16-18-33(25,2)28-17-19-34(3)27(30(22)28)14-15-29(34)38-32(36)24-12-8-5-9-13-24/h4-13,25-30H,1,14-21H2,2-3H3/t25-,26+,27+,28-,29+,30-,33+,34-/m1/s1. The number of esters is 2. The van der Waals surface area contributed by atoms with Crippen molar-refractivity contribution in [3.8, 4) is 0 Å². The lowest BCUT2D eigenvalue weighted by Gasteiger charge is -2.61. The number of ether oxygens (including phenoxy) is 2. The number of benzene rings is 2. The van der Waals surface area contributed by atoms with Crippen LogP contribution in [0.15, 0.2) is 72.8 Å². The van der Waals surface area contributed by atoms with Gasteiger partial charge in [-0.25, -0.2) is 9.59 Å². The Morgan fingerprint density at radius 3 is 2.00 bits per heavy atom. The second-order valence-corrected chi connectivity index (χ2v) is 12.9. The summed E-state index contributed by atoms with van der Waals surface area (Å²) in [5.74, 6) is 1.68. The first-order chi connectivity index (χ1) is 18.3. The topological polar surface area (TPSA) is 52.6 Å². The van der Waals surface area contributed by atoms with Crippen molar-refractivity contribution in [2.75, 3.05) is 0 Å². The van der Waals surface area contributed by atoms with Crippen LogP contribution in [0.1, 0.15) is 85.9 Å². The lowest BCUT2D eigenvalue weighted by molar-refractivity contribution is -0.116. The third-order valence-electron chi connectivity index (χ3n) is 11.0. The van der Waals surface area contributed by atoms with Gasteiger partial charge in [0.05, 0.1) is 11.1 Å². The fourth-order valence-corrected chi connectivity index (χ4v) is 8.90. The molecule has 4 aliphatic carbocycles. The fraction of sp³-hybridized carbons (Fsp3) is 0.529. The molecule has 0 amide bonds. The molecule has 0 N–H and O–H groups in total. The van der Waals surface area contributed by atoms with Gasteiger partial charge in [-0.1, -0.05) is 62.4 Å². The number of carbonyl (C=O) groups excluding carboxylic acids is 2. The molecule has 4 heteroatoms. The highest BCUT2D eigenvalue weighted by molar-refractivity contribution is 5.89. The Balaban J connectivity index is 1.15. The smallest absolute Gasteiger partial charge is 0.338 e. The quantitative estimate of drug-likeness (QED) is 0.312. The van der Waals surface area contributed by atoms with Gasteiger partial charge in [0.1, 0.15) is 12.2 Å². The van der Waals surface area contributed by atoms with E-state index in [0.29, 0.717) is 34.8 Å². The molecule has 2 aromatic carbocycles. The van der Waals surface area contributed by atoms with Crippen molar-refractivity contribution in [3.05, 3.63) is 83.9 Å². The van der Waals surface area contributed by atoms with Gasteiger partial charge in [0.2, 0.25) is 0 Å². The first kappa shape index (κ1) is 25.4. The highest BCUT2D eigenvalue weighted by atomic mass is 16.5. The molecule has 0 saturated heterocycles. The summed E-state index contributed by atoms with van der Waals surface area (Å²) in [6.45, 7) is 9.53. The highest BCUT2D eigenvalue weighted by Crippen LogP contribution is 2.67. The lowest BCUT2D eigenvalue weighted by Crippen LogP contribution is -2.55. The molecule has 0 heterocycles. The largest absolute Gasteiger partial charge is 0.459 e. The van der Waals surface area contributed by atoms with Crippen LogP contribution in [-0.4, -0.2) is 24.1 Å². The second kappa shape index (κ2) is 9.70. The van der Waals surface area contributed by atoms with Crippen molar-refractivity contribution in [2.24, 2.45) is 34.5 Å². The van der Waals surface area contributed by atoms with Crippen LogP contribution in [0.2, 0.25) is 0 Å². The second-order valence-electron chi connectivity index (χ2n) is 12.9. The van der Waals surface area contributed by atoms with Gasteiger partial charge in [0.15, 0.2) is 0 Å². The average Bonchev–Trinajstić information content (AvgIpc) is 3.26. The molecule has 0 spiro atoms. The zero-order valence-electron chi connectivity index (χ0n) is 22.7. The third-order valence-corrected chi connectivity index (χ3v) is 11.0. The van der Waals surface area contributed by atoms with Crippen LogP contribution in [0.5, 0.6) is 0 Å². The first-order valence-electron chi connectivity index (χ1n) is 14.5. The maximum atomic E-state index is 12.9. The number of hydrogen-bond donors (Lipinski definition) is 0. The number of allylic oxidation sites excluding steroid dienone is 1. The molecule has 8 atom stereocenters. The van der Waals surface area contributed by atoms with Crippen LogP contribution in [0.4, 0.5) is 0 Å². The van der Waals surface area contributed by atoms with Gasteiger partial charge in [-0.15, -0.1) is 0 Å². The van der Waals surface area contributed by atoms with Gasteiger partial charge >= 0.3 is 11.9 Å². The molecule has 0 radical (unpaired) electrons. The molecule has 4 nitrogen and oxygen atoms in total. The Kier molecular flexibility index (Phi) is 6.48. The lowest BCUT2D eigenvalue weighted by atomic mass is 9.44. The van der Waals surface area contributed by atoms with E-state index in [1.54, 1.807) is 0 Å². The summed E-state index contributed by atoms with van der Waals surface area (Å²) in [6.07, 6.45) is 8.18. The number of rotatable bonds is 4. The minimum atomic E-state index is -0.206. The zero-order chi connectivity index (χ0) is 26.5. The van der Waals surface area contributed by atoms with E-state index in [4.69, 9.17) is 9.47 Å². The van der Waals surface area contributed by atoms with E-state index in [0.717, 1.165) is 51.4 Å². The Morgan fingerprint density at radius 1 is 0.763 bits per heavy atom. The number of hydrogen-bond acceptors (Lipinski definition) is 4. The molecule has 0 unspecified atom stereocenters. The molecule has 0 aromatic heterocycles. The van der Waals surface area contributed by atoms with Gasteiger partial charge in [0.25, 0.3) is 0 Å². The van der Waals surface area contributed by atoms with Crippen molar-refractivity contribution in [1.29, 1.82) is 0 Å². The molecule has 0 bridgehead atoms. The Labute approximate surface area is 226 Å². The highest BCUT2D eigenvalue weighted by Gasteiger charge is 2.62. The fourth-order valence-electron chi connectivity index (χ4n) is 8.90. The molecule has 4 saturated carbocycles. The Bertz CT molecular complexity index is 1210. The zero-order valence-corrected chi connectivity index (χ0v) is 22.7. The molecular weight excluding hydrogens is 472 g/mol. The van der Waals surface area contributed by atoms with E-state index >= 15 is 0 Å². The van der Waals surface area contributed by atoms with Gasteiger partial charge < -0.3 is 9.47 Å². The molecule has 4 fully saturated rings. The van der Waals surface area contributed by atoms with E-state index in [1.807, 2.05) is 60.7 Å². The van der Waals surface area contributed by atoms with E-state index in [2.05, 4.69) is 20.4 Å². The van der Waals surface area contributed by atoms with Crippen LogP contribution in [0, 0.1) is 34.5 Å². The van der Waals surface area contributed by atoms with E-state index in [1.165, 1.54) is 5.57 Å². The van der Waals surface area contributed by atoms with Crippen LogP contribution in [0.3, 0.4) is 0 Å². The summed E-state index contributed by atoms with van der Waals surface area (Å²) in [5, 5.41) is 0. The Morgan fingerprint density at radius 2 is 1.34 bits per heavy atom. The summed E-state index contributed by atoms with van der Waals surface area (Å²) in [5.41, 5.74) is 2.88. The molecule has 4 aliphatic rings. The van der Waals surface area contributed by atoms with Crippen molar-refractivity contribution >= 4 is 11.9 Å². The summed E-state index contributed by atoms with van der Waals surface area (Å²) in [4.78, 5) is 25.7. The predicted octanol–water partition coefficient (Wildman–Crippen LogP) is 7.65. The van der Waals surface area contributed by atoms with Crippen molar-refractivity contribution < 1.29 is 19.1 Å². The van der Waals surface area contributed by atoms with Crippen molar-refractivity contribution in [1.82, 2.24) is 0 Å². The maximum Gasteiger partial charge on any atom is 0.338 e. The molecule has 200 valence electrons. The van der Waals surface area contributed by atoms with Crippen LogP contribution in [-0.2, 0) is 9.47 Å².